The van der Waals surface area contributed by atoms with Gasteiger partial charge in [0, 0.05) is 25.7 Å². The van der Waals surface area contributed by atoms with Crippen LogP contribution in [0.25, 0.3) is 0 Å². The predicted octanol–water partition coefficient (Wildman–Crippen LogP) is 26.4. The second kappa shape index (κ2) is 78.7. The van der Waals surface area contributed by atoms with E-state index in [4.69, 9.17) is 37.0 Å². The molecule has 0 aliphatic heterocycles. The summed E-state index contributed by atoms with van der Waals surface area (Å²) in [6.07, 6.45) is 72.3. The smallest absolute Gasteiger partial charge is 0.462 e. The van der Waals surface area contributed by atoms with Crippen LogP contribution in [0.15, 0.2) is 0 Å². The van der Waals surface area contributed by atoms with Gasteiger partial charge in [0.2, 0.25) is 0 Å². The quantitative estimate of drug-likeness (QED) is 0.0222. The number of aliphatic hydroxyl groups is 1. The molecule has 3 N–H and O–H groups in total. The predicted molar refractivity (Wildman–Crippen MR) is 432 cm³/mol. The Hall–Kier alpha value is -1.94. The van der Waals surface area contributed by atoms with Crippen LogP contribution in [0.1, 0.15) is 465 Å². The molecule has 0 fully saturated rings. The van der Waals surface area contributed by atoms with Gasteiger partial charge in [0.05, 0.1) is 26.4 Å². The standard InChI is InChI=1S/C86H168O17P2/c1-6-9-12-15-18-21-24-27-30-33-34-35-36-38-41-44-47-50-57-62-67-72-85(90)102-81(75-96-83(88)69-64-59-54-48-45-42-40-37-31-28-25-22-19-16-13-10-7-2)77-100-104(92,93)98-73-80(87)74-99-105(94,95)101-78-82(76-97-84(89)70-65-60-55-52-51-53-58-63-68-79(4)5)103-86(91)71-66-61-56-49-46-43-39-32-29-26-23-20-17-14-11-8-3/h79-82,87H,6-78H2,1-5H3,(H,92,93)(H,94,95)/t80-,81-,82-/m1/s1. The van der Waals surface area contributed by atoms with Crippen LogP contribution in [-0.4, -0.2) is 96.7 Å². The highest BCUT2D eigenvalue weighted by Crippen LogP contribution is 2.45. The van der Waals surface area contributed by atoms with Crippen LogP contribution in [0.2, 0.25) is 0 Å². The van der Waals surface area contributed by atoms with Crippen molar-refractivity contribution in [1.82, 2.24) is 0 Å². The van der Waals surface area contributed by atoms with Crippen molar-refractivity contribution in [2.45, 2.75) is 483 Å². The Bertz CT molecular complexity index is 2000. The summed E-state index contributed by atoms with van der Waals surface area (Å²) in [6, 6.07) is 0. The summed E-state index contributed by atoms with van der Waals surface area (Å²) in [7, 11) is -9.93. The van der Waals surface area contributed by atoms with Crippen molar-refractivity contribution in [2.24, 2.45) is 5.92 Å². The zero-order valence-electron chi connectivity index (χ0n) is 68.9. The van der Waals surface area contributed by atoms with E-state index in [0.29, 0.717) is 25.7 Å². The minimum absolute atomic E-state index is 0.108. The fourth-order valence-electron chi connectivity index (χ4n) is 13.5. The molecule has 105 heavy (non-hydrogen) atoms. The first-order chi connectivity index (χ1) is 51.0. The molecule has 5 atom stereocenters. The molecule has 624 valence electrons. The Labute approximate surface area is 645 Å². The lowest BCUT2D eigenvalue weighted by molar-refractivity contribution is -0.161. The number of hydrogen-bond donors (Lipinski definition) is 3. The van der Waals surface area contributed by atoms with E-state index in [-0.39, 0.29) is 25.7 Å². The minimum Gasteiger partial charge on any atom is -0.462 e. The number of aliphatic hydroxyl groups excluding tert-OH is 1. The second-order valence-electron chi connectivity index (χ2n) is 31.4. The van der Waals surface area contributed by atoms with E-state index in [9.17, 15) is 43.2 Å². The largest absolute Gasteiger partial charge is 0.472 e. The van der Waals surface area contributed by atoms with Crippen molar-refractivity contribution in [2.75, 3.05) is 39.6 Å². The summed E-state index contributed by atoms with van der Waals surface area (Å²) < 4.78 is 68.9. The average molecular weight is 1540 g/mol. The highest BCUT2D eigenvalue weighted by atomic mass is 31.2. The Morgan fingerprint density at radius 2 is 0.438 bits per heavy atom. The van der Waals surface area contributed by atoms with Crippen molar-refractivity contribution in [1.29, 1.82) is 0 Å². The summed E-state index contributed by atoms with van der Waals surface area (Å²) in [5.41, 5.74) is 0. The van der Waals surface area contributed by atoms with Crippen LogP contribution in [0.3, 0.4) is 0 Å². The molecule has 0 aromatic carbocycles. The molecule has 0 aromatic rings. The zero-order valence-corrected chi connectivity index (χ0v) is 70.7. The van der Waals surface area contributed by atoms with Crippen molar-refractivity contribution in [3.8, 4) is 0 Å². The fraction of sp³-hybridized carbons (Fsp3) is 0.953. The molecule has 0 bridgehead atoms. The topological polar surface area (TPSA) is 237 Å². The maximum atomic E-state index is 13.1. The third-order valence-electron chi connectivity index (χ3n) is 20.3. The molecule has 0 aliphatic rings. The van der Waals surface area contributed by atoms with Crippen molar-refractivity contribution < 1.29 is 80.2 Å². The van der Waals surface area contributed by atoms with Gasteiger partial charge in [0.1, 0.15) is 19.3 Å². The lowest BCUT2D eigenvalue weighted by atomic mass is 10.0. The van der Waals surface area contributed by atoms with E-state index in [0.717, 1.165) is 95.8 Å². The molecule has 0 heterocycles. The van der Waals surface area contributed by atoms with E-state index < -0.39 is 97.5 Å². The average Bonchev–Trinajstić information content (AvgIpc) is 0.909. The van der Waals surface area contributed by atoms with Crippen LogP contribution in [0, 0.1) is 5.92 Å². The summed E-state index contributed by atoms with van der Waals surface area (Å²) in [4.78, 5) is 73.2. The number of hydrogen-bond acceptors (Lipinski definition) is 15. The van der Waals surface area contributed by atoms with Gasteiger partial charge < -0.3 is 33.8 Å². The monoisotopic (exact) mass is 1540 g/mol. The van der Waals surface area contributed by atoms with Gasteiger partial charge >= 0.3 is 39.5 Å². The van der Waals surface area contributed by atoms with Crippen LogP contribution in [0.5, 0.6) is 0 Å². The van der Waals surface area contributed by atoms with E-state index in [1.165, 1.54) is 289 Å². The number of rotatable bonds is 86. The molecule has 0 rings (SSSR count). The minimum atomic E-state index is -4.97. The molecule has 0 aliphatic carbocycles. The summed E-state index contributed by atoms with van der Waals surface area (Å²) in [6.45, 7) is 7.33. The number of phosphoric acid groups is 2. The second-order valence-corrected chi connectivity index (χ2v) is 34.3. The first-order valence-electron chi connectivity index (χ1n) is 44.6. The van der Waals surface area contributed by atoms with E-state index in [1.807, 2.05) is 0 Å². The molecule has 0 saturated heterocycles. The normalized spacial score (nSPS) is 13.8. The van der Waals surface area contributed by atoms with Gasteiger partial charge in [-0.1, -0.05) is 413 Å². The molecule has 17 nitrogen and oxygen atoms in total. The van der Waals surface area contributed by atoms with Crippen molar-refractivity contribution in [3.05, 3.63) is 0 Å². The molecule has 0 amide bonds. The molecule has 0 aromatic heterocycles. The fourth-order valence-corrected chi connectivity index (χ4v) is 15.1. The third kappa shape index (κ3) is 79.9. The summed E-state index contributed by atoms with van der Waals surface area (Å²) in [5, 5.41) is 10.7. The Kier molecular flexibility index (Phi) is 77.3. The van der Waals surface area contributed by atoms with Crippen LogP contribution in [0.4, 0.5) is 0 Å². The number of phosphoric ester groups is 2. The number of unbranched alkanes of at least 4 members (excludes halogenated alkanes) is 58. The lowest BCUT2D eigenvalue weighted by Gasteiger charge is -2.21. The Balaban J connectivity index is 5.23. The van der Waals surface area contributed by atoms with Crippen LogP contribution >= 0.6 is 15.6 Å². The number of carbonyl (C=O) groups is 4. The van der Waals surface area contributed by atoms with Crippen LogP contribution in [-0.2, 0) is 65.4 Å². The summed E-state index contributed by atoms with van der Waals surface area (Å²) in [5.74, 6) is -1.37. The Morgan fingerprint density at radius 3 is 0.648 bits per heavy atom. The van der Waals surface area contributed by atoms with Gasteiger partial charge in [-0.15, -0.1) is 0 Å². The van der Waals surface area contributed by atoms with E-state index in [2.05, 4.69) is 34.6 Å². The van der Waals surface area contributed by atoms with Gasteiger partial charge in [-0.3, -0.25) is 37.3 Å². The maximum Gasteiger partial charge on any atom is 0.472 e. The molecular weight excluding hydrogens is 1370 g/mol. The third-order valence-corrected chi connectivity index (χ3v) is 22.2. The Morgan fingerprint density at radius 1 is 0.257 bits per heavy atom. The molecule has 0 saturated carbocycles. The van der Waals surface area contributed by atoms with E-state index in [1.54, 1.807) is 0 Å². The van der Waals surface area contributed by atoms with Crippen LogP contribution < -0.4 is 0 Å². The van der Waals surface area contributed by atoms with Gasteiger partial charge in [-0.05, 0) is 31.6 Å². The molecular formula is C86H168O17P2. The van der Waals surface area contributed by atoms with Gasteiger partial charge in [0.15, 0.2) is 12.2 Å². The number of carbonyl (C=O) groups excluding carboxylic acids is 4. The lowest BCUT2D eigenvalue weighted by Crippen LogP contribution is -2.30. The number of esters is 4. The van der Waals surface area contributed by atoms with Crippen molar-refractivity contribution >= 4 is 39.5 Å². The van der Waals surface area contributed by atoms with E-state index >= 15 is 0 Å². The first kappa shape index (κ1) is 103. The highest BCUT2D eigenvalue weighted by molar-refractivity contribution is 7.47. The molecule has 0 spiro atoms. The molecule has 0 radical (unpaired) electrons. The van der Waals surface area contributed by atoms with Gasteiger partial charge in [0.25, 0.3) is 0 Å². The number of ether oxygens (including phenoxy) is 4. The van der Waals surface area contributed by atoms with Gasteiger partial charge in [-0.2, -0.15) is 0 Å². The highest BCUT2D eigenvalue weighted by Gasteiger charge is 2.30. The summed E-state index contributed by atoms with van der Waals surface area (Å²) >= 11 is 0. The van der Waals surface area contributed by atoms with Gasteiger partial charge in [-0.25, -0.2) is 9.13 Å². The maximum absolute atomic E-state index is 13.1. The molecule has 2 unspecified atom stereocenters. The molecule has 19 heteroatoms. The zero-order chi connectivity index (χ0) is 76.9. The SMILES string of the molecule is CCCCCCCCCCCCCCCCCCCCCCCC(=O)O[C@H](COC(=O)CCCCCCCCCCCCCCCCCCC)COP(=O)(O)OC[C@@H](O)COP(=O)(O)OC[C@@H](COC(=O)CCCCCCCCCCC(C)C)OC(=O)CCCCCCCCCCCCCCCCCC. The van der Waals surface area contributed by atoms with Crippen molar-refractivity contribution in [3.63, 3.8) is 0 Å². The first-order valence-corrected chi connectivity index (χ1v) is 47.6.